The number of carbonyl (C=O) groups excluding carboxylic acids is 1. The Morgan fingerprint density at radius 1 is 1.20 bits per heavy atom. The molecule has 0 radical (unpaired) electrons. The van der Waals surface area contributed by atoms with Gasteiger partial charge in [-0.15, -0.1) is 0 Å². The molecule has 6 heteroatoms. The van der Waals surface area contributed by atoms with Crippen molar-refractivity contribution >= 4 is 23.5 Å². The molecule has 1 aromatic rings. The number of non-ortho nitro benzene ring substituents is 1. The van der Waals surface area contributed by atoms with Gasteiger partial charge in [-0.05, 0) is 35.9 Å². The highest BCUT2D eigenvalue weighted by Crippen LogP contribution is 2.22. The fourth-order valence-corrected chi connectivity index (χ4v) is 1.94. The van der Waals surface area contributed by atoms with E-state index in [1.807, 2.05) is 0 Å². The summed E-state index contributed by atoms with van der Waals surface area (Å²) in [6, 6.07) is 5.96. The van der Waals surface area contributed by atoms with Crippen LogP contribution in [0.2, 0.25) is 0 Å². The number of fused-ring (bicyclic) bond motifs is 1. The first-order valence-corrected chi connectivity index (χ1v) is 5.88. The maximum Gasteiger partial charge on any atom is 0.282 e. The van der Waals surface area contributed by atoms with Crippen LogP contribution < -0.4 is 0 Å². The molecule has 0 spiro atoms. The van der Waals surface area contributed by atoms with Gasteiger partial charge in [0.1, 0.15) is 11.5 Å². The third-order valence-corrected chi connectivity index (χ3v) is 2.92. The number of benzene rings is 1. The van der Waals surface area contributed by atoms with Crippen LogP contribution in [0.1, 0.15) is 5.56 Å². The van der Waals surface area contributed by atoms with Crippen LogP contribution >= 0.6 is 0 Å². The van der Waals surface area contributed by atoms with Gasteiger partial charge in [-0.2, -0.15) is 0 Å². The molecule has 0 fully saturated rings. The summed E-state index contributed by atoms with van der Waals surface area (Å²) in [4.78, 5) is 27.9. The van der Waals surface area contributed by atoms with E-state index in [4.69, 9.17) is 0 Å². The number of amides is 1. The average molecular weight is 267 g/mol. The minimum absolute atomic E-state index is 0.0134. The van der Waals surface area contributed by atoms with E-state index in [1.54, 1.807) is 42.6 Å². The molecule has 0 saturated carbocycles. The fraction of sp³-hybridized carbons (Fsp3) is 0. The van der Waals surface area contributed by atoms with Crippen molar-refractivity contribution in [3.05, 3.63) is 70.1 Å². The van der Waals surface area contributed by atoms with Crippen molar-refractivity contribution in [1.29, 1.82) is 0 Å². The maximum absolute atomic E-state index is 12.1. The molecule has 2 heterocycles. The Morgan fingerprint density at radius 2 is 1.95 bits per heavy atom. The van der Waals surface area contributed by atoms with E-state index < -0.39 is 4.92 Å². The zero-order chi connectivity index (χ0) is 14.1. The van der Waals surface area contributed by atoms with Crippen molar-refractivity contribution in [2.75, 3.05) is 0 Å². The van der Waals surface area contributed by atoms with E-state index in [9.17, 15) is 14.9 Å². The lowest BCUT2D eigenvalue weighted by atomic mass is 10.1. The van der Waals surface area contributed by atoms with E-state index in [0.29, 0.717) is 17.1 Å². The van der Waals surface area contributed by atoms with Crippen LogP contribution in [0.15, 0.2) is 59.4 Å². The molecule has 0 N–H and O–H groups in total. The molecular weight excluding hydrogens is 258 g/mol. The Bertz CT molecular complexity index is 712. The van der Waals surface area contributed by atoms with Gasteiger partial charge < -0.3 is 0 Å². The Labute approximate surface area is 114 Å². The van der Waals surface area contributed by atoms with Gasteiger partial charge in [-0.3, -0.25) is 19.8 Å². The minimum Gasteiger partial charge on any atom is -0.266 e. The Morgan fingerprint density at radius 3 is 2.60 bits per heavy atom. The second-order valence-corrected chi connectivity index (χ2v) is 4.22. The molecule has 6 nitrogen and oxygen atoms in total. The van der Waals surface area contributed by atoms with Crippen molar-refractivity contribution < 1.29 is 9.72 Å². The molecular formula is C14H9N3O3. The standard InChI is InChI=1S/C14H9N3O3/c18-14-12(15-13-3-1-2-8-16(13)14)9-10-4-6-11(7-5-10)17(19)20/h1-9H/b12-9-. The van der Waals surface area contributed by atoms with Crippen molar-refractivity contribution in [2.24, 2.45) is 4.99 Å². The first kappa shape index (κ1) is 12.0. The van der Waals surface area contributed by atoms with Crippen molar-refractivity contribution in [3.8, 4) is 0 Å². The van der Waals surface area contributed by atoms with Gasteiger partial charge in [0.25, 0.3) is 11.6 Å². The van der Waals surface area contributed by atoms with Gasteiger partial charge in [0.05, 0.1) is 4.92 Å². The monoisotopic (exact) mass is 267 g/mol. The smallest absolute Gasteiger partial charge is 0.266 e. The molecule has 98 valence electrons. The number of nitrogens with zero attached hydrogens (tertiary/aromatic N) is 3. The highest BCUT2D eigenvalue weighted by atomic mass is 16.6. The lowest BCUT2D eigenvalue weighted by Crippen LogP contribution is -2.26. The third-order valence-electron chi connectivity index (χ3n) is 2.92. The first-order valence-electron chi connectivity index (χ1n) is 5.88. The number of nitro groups is 1. The van der Waals surface area contributed by atoms with Gasteiger partial charge >= 0.3 is 0 Å². The van der Waals surface area contributed by atoms with Gasteiger partial charge in [0, 0.05) is 18.3 Å². The fourth-order valence-electron chi connectivity index (χ4n) is 1.94. The zero-order valence-corrected chi connectivity index (χ0v) is 10.3. The summed E-state index contributed by atoms with van der Waals surface area (Å²) in [7, 11) is 0. The van der Waals surface area contributed by atoms with E-state index in [2.05, 4.69) is 4.99 Å². The summed E-state index contributed by atoms with van der Waals surface area (Å²) in [6.45, 7) is 0. The number of nitro benzene ring substituents is 1. The number of allylic oxidation sites excluding steroid dienone is 2. The predicted molar refractivity (Wildman–Crippen MR) is 73.6 cm³/mol. The molecule has 1 aromatic carbocycles. The van der Waals surface area contributed by atoms with Crippen LogP contribution in [0.4, 0.5) is 5.69 Å². The molecule has 0 bridgehead atoms. The Hall–Kier alpha value is -3.02. The maximum atomic E-state index is 12.1. The second-order valence-electron chi connectivity index (χ2n) is 4.22. The van der Waals surface area contributed by atoms with Crippen LogP contribution in [0, 0.1) is 10.1 Å². The van der Waals surface area contributed by atoms with Crippen LogP contribution in [0.5, 0.6) is 0 Å². The van der Waals surface area contributed by atoms with Crippen LogP contribution in [-0.2, 0) is 4.79 Å². The lowest BCUT2D eigenvalue weighted by Gasteiger charge is -2.11. The number of carbonyl (C=O) groups is 1. The van der Waals surface area contributed by atoms with Crippen molar-refractivity contribution in [1.82, 2.24) is 4.90 Å². The number of amidine groups is 1. The van der Waals surface area contributed by atoms with E-state index in [1.165, 1.54) is 17.0 Å². The second kappa shape index (κ2) is 4.58. The summed E-state index contributed by atoms with van der Waals surface area (Å²) in [5.74, 6) is 0.365. The van der Waals surface area contributed by atoms with Gasteiger partial charge in [-0.25, -0.2) is 4.99 Å². The summed E-state index contributed by atoms with van der Waals surface area (Å²) in [5, 5.41) is 10.6. The summed E-state index contributed by atoms with van der Waals surface area (Å²) < 4.78 is 0. The van der Waals surface area contributed by atoms with Gasteiger partial charge in [0.15, 0.2) is 0 Å². The zero-order valence-electron chi connectivity index (χ0n) is 10.3. The molecule has 20 heavy (non-hydrogen) atoms. The van der Waals surface area contributed by atoms with E-state index in [0.717, 1.165) is 0 Å². The van der Waals surface area contributed by atoms with Crippen LogP contribution in [0.3, 0.4) is 0 Å². The molecule has 0 saturated heterocycles. The van der Waals surface area contributed by atoms with Crippen molar-refractivity contribution in [3.63, 3.8) is 0 Å². The van der Waals surface area contributed by atoms with Crippen LogP contribution in [-0.4, -0.2) is 21.6 Å². The van der Waals surface area contributed by atoms with E-state index >= 15 is 0 Å². The number of hydrogen-bond acceptors (Lipinski definition) is 4. The summed E-state index contributed by atoms with van der Waals surface area (Å²) >= 11 is 0. The number of hydrogen-bond donors (Lipinski definition) is 0. The van der Waals surface area contributed by atoms with Crippen molar-refractivity contribution in [2.45, 2.75) is 0 Å². The summed E-state index contributed by atoms with van der Waals surface area (Å²) in [5.41, 5.74) is 1.01. The Kier molecular flexibility index (Phi) is 2.76. The highest BCUT2D eigenvalue weighted by molar-refractivity contribution is 6.18. The SMILES string of the molecule is O=C1/C(=C/c2ccc([N+](=O)[O-])cc2)N=C2C=CC=CN12. The molecule has 2 aliphatic heterocycles. The Balaban J connectivity index is 1.91. The number of aliphatic imine (C=N–C) groups is 1. The topological polar surface area (TPSA) is 75.8 Å². The normalized spacial score (nSPS) is 18.4. The average Bonchev–Trinajstić information content (AvgIpc) is 2.77. The molecule has 1 amide bonds. The van der Waals surface area contributed by atoms with Gasteiger partial charge in [-0.1, -0.05) is 6.08 Å². The minimum atomic E-state index is -0.465. The molecule has 3 rings (SSSR count). The molecule has 2 aliphatic rings. The predicted octanol–water partition coefficient (Wildman–Crippen LogP) is 2.26. The van der Waals surface area contributed by atoms with E-state index in [-0.39, 0.29) is 11.6 Å². The third kappa shape index (κ3) is 2.03. The first-order chi connectivity index (χ1) is 9.65. The molecule has 0 atom stereocenters. The molecule has 0 aliphatic carbocycles. The van der Waals surface area contributed by atoms with Gasteiger partial charge in [0.2, 0.25) is 0 Å². The molecule has 0 unspecified atom stereocenters. The lowest BCUT2D eigenvalue weighted by molar-refractivity contribution is -0.384. The largest absolute Gasteiger partial charge is 0.282 e. The number of rotatable bonds is 2. The highest BCUT2D eigenvalue weighted by Gasteiger charge is 2.27. The molecule has 0 aromatic heterocycles. The van der Waals surface area contributed by atoms with Crippen LogP contribution in [0.25, 0.3) is 6.08 Å². The quantitative estimate of drug-likeness (QED) is 0.468. The summed E-state index contributed by atoms with van der Waals surface area (Å²) in [6.07, 6.45) is 8.56.